The number of hydrogen-bond donors (Lipinski definition) is 2. The molecule has 0 amide bonds. The van der Waals surface area contributed by atoms with Gasteiger partial charge in [-0.1, -0.05) is 35.0 Å². The average Bonchev–Trinajstić information content (AvgIpc) is 2.89. The van der Waals surface area contributed by atoms with Crippen molar-refractivity contribution >= 4 is 22.6 Å². The van der Waals surface area contributed by atoms with Crippen LogP contribution in [0.15, 0.2) is 33.9 Å². The van der Waals surface area contributed by atoms with Gasteiger partial charge in [-0.3, -0.25) is 19.8 Å². The predicted molar refractivity (Wildman–Crippen MR) is 74.0 cm³/mol. The molecule has 2 N–H and O–H groups in total. The SMILES string of the molecule is C[C@H](c1ccccc1Cl)n1nnc2c(=O)[nH][nH]c(=O)c21. The van der Waals surface area contributed by atoms with E-state index >= 15 is 0 Å². The van der Waals surface area contributed by atoms with Crippen LogP contribution in [0, 0.1) is 0 Å². The first-order valence-corrected chi connectivity index (χ1v) is 6.27. The summed E-state index contributed by atoms with van der Waals surface area (Å²) in [4.78, 5) is 23.5. The molecule has 0 unspecified atom stereocenters. The van der Waals surface area contributed by atoms with Crippen LogP contribution in [0.3, 0.4) is 0 Å². The first-order valence-electron chi connectivity index (χ1n) is 5.90. The van der Waals surface area contributed by atoms with Crippen molar-refractivity contribution in [2.45, 2.75) is 13.0 Å². The molecule has 3 rings (SSSR count). The van der Waals surface area contributed by atoms with Crippen molar-refractivity contribution < 1.29 is 0 Å². The molecular weight excluding hydrogens is 282 g/mol. The molecule has 1 atom stereocenters. The van der Waals surface area contributed by atoms with Crippen LogP contribution in [0.25, 0.3) is 11.0 Å². The van der Waals surface area contributed by atoms with E-state index in [-0.39, 0.29) is 17.1 Å². The number of nitrogens with zero attached hydrogens (tertiary/aromatic N) is 3. The van der Waals surface area contributed by atoms with E-state index in [0.717, 1.165) is 5.56 Å². The molecule has 8 heteroatoms. The fourth-order valence-electron chi connectivity index (χ4n) is 2.11. The molecule has 0 aliphatic carbocycles. The molecule has 3 aromatic rings. The van der Waals surface area contributed by atoms with Gasteiger partial charge in [0.05, 0.1) is 6.04 Å². The van der Waals surface area contributed by atoms with Crippen LogP contribution in [-0.4, -0.2) is 25.2 Å². The lowest BCUT2D eigenvalue weighted by molar-refractivity contribution is 0.558. The maximum atomic E-state index is 11.9. The van der Waals surface area contributed by atoms with E-state index in [1.165, 1.54) is 4.68 Å². The maximum Gasteiger partial charge on any atom is 0.292 e. The van der Waals surface area contributed by atoms with Gasteiger partial charge in [0.1, 0.15) is 0 Å². The summed E-state index contributed by atoms with van der Waals surface area (Å²) >= 11 is 6.14. The minimum absolute atomic E-state index is 0.00709. The molecule has 0 spiro atoms. The highest BCUT2D eigenvalue weighted by atomic mass is 35.5. The van der Waals surface area contributed by atoms with Crippen LogP contribution in [0.5, 0.6) is 0 Å². The monoisotopic (exact) mass is 291 g/mol. The number of fused-ring (bicyclic) bond motifs is 1. The topological polar surface area (TPSA) is 96.4 Å². The fourth-order valence-corrected chi connectivity index (χ4v) is 2.40. The Labute approximate surface area is 117 Å². The third-order valence-corrected chi connectivity index (χ3v) is 3.48. The first-order chi connectivity index (χ1) is 9.59. The Kier molecular flexibility index (Phi) is 2.90. The quantitative estimate of drug-likeness (QED) is 0.738. The van der Waals surface area contributed by atoms with Gasteiger partial charge >= 0.3 is 0 Å². The molecule has 20 heavy (non-hydrogen) atoms. The summed E-state index contributed by atoms with van der Waals surface area (Å²) in [7, 11) is 0. The molecular formula is C12H10ClN5O2. The summed E-state index contributed by atoms with van der Waals surface area (Å²) in [5, 5.41) is 12.7. The molecule has 0 fully saturated rings. The highest BCUT2D eigenvalue weighted by molar-refractivity contribution is 6.31. The molecule has 0 saturated heterocycles. The number of H-pyrrole nitrogens is 2. The Bertz CT molecular complexity index is 894. The summed E-state index contributed by atoms with van der Waals surface area (Å²) in [5.41, 5.74) is -0.0183. The number of aromatic nitrogens is 5. The van der Waals surface area contributed by atoms with Crippen LogP contribution in [0.2, 0.25) is 5.02 Å². The van der Waals surface area contributed by atoms with Crippen LogP contribution < -0.4 is 11.1 Å². The van der Waals surface area contributed by atoms with Gasteiger partial charge in [-0.05, 0) is 18.6 Å². The second-order valence-corrected chi connectivity index (χ2v) is 4.74. The Morgan fingerprint density at radius 1 is 1.20 bits per heavy atom. The van der Waals surface area contributed by atoms with E-state index in [4.69, 9.17) is 11.6 Å². The van der Waals surface area contributed by atoms with Crippen LogP contribution in [-0.2, 0) is 0 Å². The van der Waals surface area contributed by atoms with Gasteiger partial charge in [-0.25, -0.2) is 4.68 Å². The summed E-state index contributed by atoms with van der Waals surface area (Å²) in [6.07, 6.45) is 0. The van der Waals surface area contributed by atoms with Crippen LogP contribution in [0.1, 0.15) is 18.5 Å². The van der Waals surface area contributed by atoms with Crippen molar-refractivity contribution in [1.82, 2.24) is 25.2 Å². The molecule has 2 heterocycles. The molecule has 1 aromatic carbocycles. The van der Waals surface area contributed by atoms with E-state index < -0.39 is 11.1 Å². The molecule has 2 aromatic heterocycles. The fraction of sp³-hybridized carbons (Fsp3) is 0.167. The Balaban J connectivity index is 2.26. The van der Waals surface area contributed by atoms with Crippen LogP contribution >= 0.6 is 11.6 Å². The van der Waals surface area contributed by atoms with Crippen molar-refractivity contribution in [2.24, 2.45) is 0 Å². The Hall–Kier alpha value is -2.41. The summed E-state index contributed by atoms with van der Waals surface area (Å²) in [6, 6.07) is 6.92. The third-order valence-electron chi connectivity index (χ3n) is 3.14. The first kappa shape index (κ1) is 12.6. The number of benzene rings is 1. The summed E-state index contributed by atoms with van der Waals surface area (Å²) in [5.74, 6) is 0. The molecule has 0 radical (unpaired) electrons. The molecule has 0 aliphatic heterocycles. The zero-order valence-electron chi connectivity index (χ0n) is 10.4. The van der Waals surface area contributed by atoms with E-state index in [0.29, 0.717) is 5.02 Å². The lowest BCUT2D eigenvalue weighted by Crippen LogP contribution is -2.22. The number of aromatic amines is 2. The standard InChI is InChI=1S/C12H10ClN5O2/c1-6(7-4-2-3-5-8(7)13)18-10-9(14-17-18)11(19)15-16-12(10)20/h2-6H,1H3,(H,15,19)(H,16,20)/t6-/m1/s1. The normalized spacial score (nSPS) is 12.7. The molecule has 0 aliphatic rings. The molecule has 0 saturated carbocycles. The van der Waals surface area contributed by atoms with Crippen molar-refractivity contribution in [3.8, 4) is 0 Å². The number of hydrogen-bond acceptors (Lipinski definition) is 4. The maximum absolute atomic E-state index is 11.9. The number of nitrogens with one attached hydrogen (secondary N) is 2. The Morgan fingerprint density at radius 3 is 2.65 bits per heavy atom. The van der Waals surface area contributed by atoms with Gasteiger partial charge in [0.2, 0.25) is 0 Å². The second kappa shape index (κ2) is 4.61. The van der Waals surface area contributed by atoms with Crippen molar-refractivity contribution in [3.05, 3.63) is 55.6 Å². The van der Waals surface area contributed by atoms with Gasteiger partial charge in [0.15, 0.2) is 11.0 Å². The van der Waals surface area contributed by atoms with Crippen molar-refractivity contribution in [3.63, 3.8) is 0 Å². The molecule has 0 bridgehead atoms. The van der Waals surface area contributed by atoms with E-state index in [2.05, 4.69) is 20.5 Å². The van der Waals surface area contributed by atoms with E-state index in [1.54, 1.807) is 6.07 Å². The van der Waals surface area contributed by atoms with Crippen molar-refractivity contribution in [1.29, 1.82) is 0 Å². The minimum Gasteiger partial charge on any atom is -0.266 e. The molecule has 102 valence electrons. The average molecular weight is 292 g/mol. The van der Waals surface area contributed by atoms with Crippen molar-refractivity contribution in [2.75, 3.05) is 0 Å². The molecule has 7 nitrogen and oxygen atoms in total. The summed E-state index contributed by atoms with van der Waals surface area (Å²) < 4.78 is 1.39. The van der Waals surface area contributed by atoms with Gasteiger partial charge in [-0.2, -0.15) is 0 Å². The summed E-state index contributed by atoms with van der Waals surface area (Å²) in [6.45, 7) is 1.83. The smallest absolute Gasteiger partial charge is 0.266 e. The lowest BCUT2D eigenvalue weighted by Gasteiger charge is -2.13. The zero-order chi connectivity index (χ0) is 14.3. The largest absolute Gasteiger partial charge is 0.292 e. The highest BCUT2D eigenvalue weighted by Gasteiger charge is 2.19. The lowest BCUT2D eigenvalue weighted by atomic mass is 10.1. The van der Waals surface area contributed by atoms with Gasteiger partial charge in [-0.15, -0.1) is 5.10 Å². The Morgan fingerprint density at radius 2 is 1.90 bits per heavy atom. The van der Waals surface area contributed by atoms with Gasteiger partial charge < -0.3 is 0 Å². The van der Waals surface area contributed by atoms with E-state index in [1.807, 2.05) is 25.1 Å². The minimum atomic E-state index is -0.489. The van der Waals surface area contributed by atoms with Gasteiger partial charge in [0.25, 0.3) is 11.1 Å². The van der Waals surface area contributed by atoms with E-state index in [9.17, 15) is 9.59 Å². The third kappa shape index (κ3) is 1.83. The van der Waals surface area contributed by atoms with Gasteiger partial charge in [0, 0.05) is 5.02 Å². The second-order valence-electron chi connectivity index (χ2n) is 4.34. The highest BCUT2D eigenvalue weighted by Crippen LogP contribution is 2.25. The zero-order valence-corrected chi connectivity index (χ0v) is 11.2. The number of halogens is 1. The van der Waals surface area contributed by atoms with Crippen LogP contribution in [0.4, 0.5) is 0 Å². The predicted octanol–water partition coefficient (Wildman–Crippen LogP) is 1.07. The number of rotatable bonds is 2.